The van der Waals surface area contributed by atoms with Crippen LogP contribution in [-0.4, -0.2) is 35.0 Å². The molecule has 6 nitrogen and oxygen atoms in total. The molecule has 0 aliphatic heterocycles. The zero-order valence-electron chi connectivity index (χ0n) is 15.4. The summed E-state index contributed by atoms with van der Waals surface area (Å²) in [5, 5.41) is 14.6. The van der Waals surface area contributed by atoms with E-state index in [1.54, 1.807) is 44.2 Å². The van der Waals surface area contributed by atoms with Gasteiger partial charge >= 0.3 is 5.97 Å². The molecule has 0 aromatic heterocycles. The van der Waals surface area contributed by atoms with Crippen molar-refractivity contribution in [1.82, 2.24) is 10.6 Å². The lowest BCUT2D eigenvalue weighted by molar-refractivity contribution is -0.143. The lowest BCUT2D eigenvalue weighted by atomic mass is 10.0. The van der Waals surface area contributed by atoms with Gasteiger partial charge in [-0.3, -0.25) is 9.59 Å². The van der Waals surface area contributed by atoms with Crippen LogP contribution in [0.2, 0.25) is 0 Å². The Morgan fingerprint density at radius 3 is 1.96 bits per heavy atom. The summed E-state index contributed by atoms with van der Waals surface area (Å²) in [5.74, 6) is -2.30. The van der Waals surface area contributed by atoms with Gasteiger partial charge in [0.2, 0.25) is 5.91 Å². The molecule has 0 saturated heterocycles. The molecule has 0 spiro atoms. The Bertz CT molecular complexity index is 775. The van der Waals surface area contributed by atoms with Crippen LogP contribution < -0.4 is 10.6 Å². The van der Waals surface area contributed by atoms with E-state index in [-0.39, 0.29) is 18.2 Å². The second-order valence-electron chi connectivity index (χ2n) is 6.65. The van der Waals surface area contributed by atoms with Gasteiger partial charge in [0.1, 0.15) is 12.1 Å². The number of rotatable bonds is 8. The smallest absolute Gasteiger partial charge is 0.326 e. The molecule has 3 N–H and O–H groups in total. The third-order valence-electron chi connectivity index (χ3n) is 4.17. The summed E-state index contributed by atoms with van der Waals surface area (Å²) in [6.45, 7) is 3.43. The molecule has 0 unspecified atom stereocenters. The number of benzene rings is 2. The fraction of sp³-hybridized carbons (Fsp3) is 0.286. The van der Waals surface area contributed by atoms with Gasteiger partial charge in [0, 0.05) is 12.0 Å². The molecule has 6 heteroatoms. The minimum atomic E-state index is -1.11. The minimum Gasteiger partial charge on any atom is -0.480 e. The summed E-state index contributed by atoms with van der Waals surface area (Å²) >= 11 is 0. The van der Waals surface area contributed by atoms with Crippen LogP contribution in [0.25, 0.3) is 0 Å². The molecule has 0 radical (unpaired) electrons. The van der Waals surface area contributed by atoms with Crippen LogP contribution in [0.15, 0.2) is 60.7 Å². The van der Waals surface area contributed by atoms with Gasteiger partial charge in [-0.1, -0.05) is 62.4 Å². The number of hydrogen-bond donors (Lipinski definition) is 3. The number of carbonyl (C=O) groups is 3. The average Bonchev–Trinajstić information content (AvgIpc) is 2.66. The fourth-order valence-electron chi connectivity index (χ4n) is 2.66. The first-order valence-electron chi connectivity index (χ1n) is 8.81. The molecule has 142 valence electrons. The number of amides is 2. The van der Waals surface area contributed by atoms with E-state index < -0.39 is 24.0 Å². The highest BCUT2D eigenvalue weighted by atomic mass is 16.4. The Balaban J connectivity index is 2.19. The Kier molecular flexibility index (Phi) is 7.11. The molecule has 2 rings (SSSR count). The van der Waals surface area contributed by atoms with Gasteiger partial charge in [0.25, 0.3) is 5.91 Å². The Morgan fingerprint density at radius 2 is 1.44 bits per heavy atom. The predicted molar refractivity (Wildman–Crippen MR) is 102 cm³/mol. The number of nitrogens with one attached hydrogen (secondary N) is 2. The fourth-order valence-corrected chi connectivity index (χ4v) is 2.66. The predicted octanol–water partition coefficient (Wildman–Crippen LogP) is 2.25. The molecular formula is C21H24N2O4. The van der Waals surface area contributed by atoms with E-state index in [0.717, 1.165) is 5.56 Å². The molecule has 27 heavy (non-hydrogen) atoms. The molecule has 0 aliphatic rings. The van der Waals surface area contributed by atoms with Gasteiger partial charge in [-0.05, 0) is 23.6 Å². The van der Waals surface area contributed by atoms with Gasteiger partial charge in [-0.25, -0.2) is 4.79 Å². The van der Waals surface area contributed by atoms with Crippen molar-refractivity contribution in [3.8, 4) is 0 Å². The maximum absolute atomic E-state index is 12.7. The first kappa shape index (κ1) is 20.2. The van der Waals surface area contributed by atoms with E-state index in [0.29, 0.717) is 5.56 Å². The zero-order chi connectivity index (χ0) is 19.8. The first-order chi connectivity index (χ1) is 12.9. The number of carboxylic acid groups (broad SMARTS) is 1. The SMILES string of the molecule is CC(C)[C@@H](NC(=O)[C@H](Cc1ccccc1)NC(=O)c1ccccc1)C(=O)O. The maximum Gasteiger partial charge on any atom is 0.326 e. The summed E-state index contributed by atoms with van der Waals surface area (Å²) < 4.78 is 0. The van der Waals surface area contributed by atoms with E-state index in [9.17, 15) is 19.5 Å². The normalized spacial score (nSPS) is 12.9. The van der Waals surface area contributed by atoms with Crippen molar-refractivity contribution < 1.29 is 19.5 Å². The molecule has 2 atom stereocenters. The lowest BCUT2D eigenvalue weighted by Crippen LogP contribution is -2.53. The van der Waals surface area contributed by atoms with E-state index in [4.69, 9.17) is 0 Å². The van der Waals surface area contributed by atoms with E-state index in [1.165, 1.54) is 0 Å². The Hall–Kier alpha value is -3.15. The number of aliphatic carboxylic acids is 1. The third kappa shape index (κ3) is 5.95. The Morgan fingerprint density at radius 1 is 0.889 bits per heavy atom. The van der Waals surface area contributed by atoms with Crippen molar-refractivity contribution in [2.45, 2.75) is 32.4 Å². The van der Waals surface area contributed by atoms with Gasteiger partial charge in [0.05, 0.1) is 0 Å². The molecular weight excluding hydrogens is 344 g/mol. The molecule has 0 heterocycles. The monoisotopic (exact) mass is 368 g/mol. The van der Waals surface area contributed by atoms with Crippen molar-refractivity contribution in [1.29, 1.82) is 0 Å². The van der Waals surface area contributed by atoms with Crippen molar-refractivity contribution >= 4 is 17.8 Å². The highest BCUT2D eigenvalue weighted by molar-refractivity contribution is 5.98. The summed E-state index contributed by atoms with van der Waals surface area (Å²) in [5.41, 5.74) is 1.30. The summed E-state index contributed by atoms with van der Waals surface area (Å²) in [4.78, 5) is 36.6. The molecule has 0 aliphatic carbocycles. The molecule has 0 fully saturated rings. The van der Waals surface area contributed by atoms with Crippen LogP contribution in [0, 0.1) is 5.92 Å². The van der Waals surface area contributed by atoms with E-state index in [1.807, 2.05) is 30.3 Å². The van der Waals surface area contributed by atoms with Crippen molar-refractivity contribution in [3.05, 3.63) is 71.8 Å². The molecule has 2 aromatic rings. The standard InChI is InChI=1S/C21H24N2O4/c1-14(2)18(21(26)27)23-20(25)17(13-15-9-5-3-6-10-15)22-19(24)16-11-7-4-8-12-16/h3-12,14,17-18H,13H2,1-2H3,(H,22,24)(H,23,25)(H,26,27)/t17-,18+/m0/s1. The largest absolute Gasteiger partial charge is 0.480 e. The van der Waals surface area contributed by atoms with Gasteiger partial charge in [-0.2, -0.15) is 0 Å². The van der Waals surface area contributed by atoms with E-state index in [2.05, 4.69) is 10.6 Å². The molecule has 2 amide bonds. The average molecular weight is 368 g/mol. The zero-order valence-corrected chi connectivity index (χ0v) is 15.4. The summed E-state index contributed by atoms with van der Waals surface area (Å²) in [6, 6.07) is 15.9. The second-order valence-corrected chi connectivity index (χ2v) is 6.65. The highest BCUT2D eigenvalue weighted by Gasteiger charge is 2.28. The van der Waals surface area contributed by atoms with Gasteiger partial charge in [0.15, 0.2) is 0 Å². The number of carbonyl (C=O) groups excluding carboxylic acids is 2. The molecule has 2 aromatic carbocycles. The minimum absolute atomic E-state index is 0.260. The van der Waals surface area contributed by atoms with Crippen LogP contribution in [0.5, 0.6) is 0 Å². The molecule has 0 saturated carbocycles. The second kappa shape index (κ2) is 9.52. The number of hydrogen-bond acceptors (Lipinski definition) is 3. The summed E-state index contributed by atoms with van der Waals surface area (Å²) in [6.07, 6.45) is 0.260. The van der Waals surface area contributed by atoms with Gasteiger partial charge in [-0.15, -0.1) is 0 Å². The van der Waals surface area contributed by atoms with Gasteiger partial charge < -0.3 is 15.7 Å². The summed E-state index contributed by atoms with van der Waals surface area (Å²) in [7, 11) is 0. The Labute approximate surface area is 158 Å². The van der Waals surface area contributed by atoms with Crippen LogP contribution in [0.1, 0.15) is 29.8 Å². The maximum atomic E-state index is 12.7. The third-order valence-corrected chi connectivity index (χ3v) is 4.17. The van der Waals surface area contributed by atoms with Crippen LogP contribution >= 0.6 is 0 Å². The van der Waals surface area contributed by atoms with Crippen molar-refractivity contribution in [2.75, 3.05) is 0 Å². The van der Waals surface area contributed by atoms with Crippen LogP contribution in [0.3, 0.4) is 0 Å². The van der Waals surface area contributed by atoms with E-state index >= 15 is 0 Å². The molecule has 0 bridgehead atoms. The van der Waals surface area contributed by atoms with Crippen LogP contribution in [0.4, 0.5) is 0 Å². The quantitative estimate of drug-likeness (QED) is 0.666. The lowest BCUT2D eigenvalue weighted by Gasteiger charge is -2.23. The topological polar surface area (TPSA) is 95.5 Å². The highest BCUT2D eigenvalue weighted by Crippen LogP contribution is 2.08. The van der Waals surface area contributed by atoms with Crippen LogP contribution in [-0.2, 0) is 16.0 Å². The van der Waals surface area contributed by atoms with Crippen molar-refractivity contribution in [3.63, 3.8) is 0 Å². The number of carboxylic acids is 1. The first-order valence-corrected chi connectivity index (χ1v) is 8.81. The van der Waals surface area contributed by atoms with Crippen molar-refractivity contribution in [2.24, 2.45) is 5.92 Å².